The lowest BCUT2D eigenvalue weighted by atomic mass is 10.1. The number of hydrogen-bond acceptors (Lipinski definition) is 7. The predicted molar refractivity (Wildman–Crippen MR) is 133 cm³/mol. The number of aromatic nitrogens is 1. The highest BCUT2D eigenvalue weighted by Gasteiger charge is 2.30. The number of nitro groups is 1. The third-order valence-corrected chi connectivity index (χ3v) is 6.78. The molecule has 0 aliphatic carbocycles. The SMILES string of the molecule is COc1cc(C(=O)N(Cc2ccccc2)c2nc3c(C)c(Cl)ccc3s2)c([N+](=O)[O-])cc1OC. The van der Waals surface area contributed by atoms with Gasteiger partial charge in [-0.2, -0.15) is 0 Å². The molecule has 0 fully saturated rings. The van der Waals surface area contributed by atoms with E-state index in [0.29, 0.717) is 15.7 Å². The Morgan fingerprint density at radius 1 is 1.12 bits per heavy atom. The number of methoxy groups -OCH3 is 2. The van der Waals surface area contributed by atoms with Gasteiger partial charge in [0.05, 0.1) is 42.0 Å². The average molecular weight is 498 g/mol. The van der Waals surface area contributed by atoms with Crippen LogP contribution in [0, 0.1) is 17.0 Å². The summed E-state index contributed by atoms with van der Waals surface area (Å²) in [5.41, 5.74) is 1.80. The van der Waals surface area contributed by atoms with Gasteiger partial charge in [0.1, 0.15) is 5.56 Å². The highest BCUT2D eigenvalue weighted by atomic mass is 35.5. The van der Waals surface area contributed by atoms with Gasteiger partial charge in [0.15, 0.2) is 16.6 Å². The fraction of sp³-hybridized carbons (Fsp3) is 0.167. The molecule has 1 heterocycles. The van der Waals surface area contributed by atoms with E-state index in [2.05, 4.69) is 4.98 Å². The summed E-state index contributed by atoms with van der Waals surface area (Å²) < 4.78 is 11.3. The van der Waals surface area contributed by atoms with Crippen molar-refractivity contribution in [3.63, 3.8) is 0 Å². The molecule has 3 aromatic carbocycles. The highest BCUT2D eigenvalue weighted by molar-refractivity contribution is 7.22. The van der Waals surface area contributed by atoms with Crippen molar-refractivity contribution in [3.8, 4) is 11.5 Å². The molecule has 10 heteroatoms. The van der Waals surface area contributed by atoms with Crippen LogP contribution >= 0.6 is 22.9 Å². The molecular formula is C24H20ClN3O5S. The molecule has 1 aromatic heterocycles. The van der Waals surface area contributed by atoms with Gasteiger partial charge < -0.3 is 9.47 Å². The Morgan fingerprint density at radius 2 is 1.79 bits per heavy atom. The van der Waals surface area contributed by atoms with Crippen LogP contribution in [0.15, 0.2) is 54.6 Å². The maximum Gasteiger partial charge on any atom is 0.286 e. The van der Waals surface area contributed by atoms with E-state index in [-0.39, 0.29) is 29.3 Å². The smallest absolute Gasteiger partial charge is 0.286 e. The number of benzene rings is 3. The van der Waals surface area contributed by atoms with Crippen LogP contribution in [0.4, 0.5) is 10.8 Å². The molecule has 0 saturated carbocycles. The van der Waals surface area contributed by atoms with Crippen molar-refractivity contribution in [2.75, 3.05) is 19.1 Å². The van der Waals surface area contributed by atoms with Crippen molar-refractivity contribution in [2.45, 2.75) is 13.5 Å². The van der Waals surface area contributed by atoms with E-state index in [1.165, 1.54) is 42.6 Å². The molecule has 4 rings (SSSR count). The van der Waals surface area contributed by atoms with Crippen LogP contribution in [-0.2, 0) is 6.54 Å². The first kappa shape index (κ1) is 23.5. The number of fused-ring (bicyclic) bond motifs is 1. The number of hydrogen-bond donors (Lipinski definition) is 0. The largest absolute Gasteiger partial charge is 0.493 e. The highest BCUT2D eigenvalue weighted by Crippen LogP contribution is 2.38. The third kappa shape index (κ3) is 4.40. The zero-order chi connectivity index (χ0) is 24.4. The molecule has 8 nitrogen and oxygen atoms in total. The second kappa shape index (κ2) is 9.66. The number of ether oxygens (including phenoxy) is 2. The van der Waals surface area contributed by atoms with Gasteiger partial charge >= 0.3 is 0 Å². The van der Waals surface area contributed by atoms with Gasteiger partial charge in [-0.1, -0.05) is 53.3 Å². The first-order valence-corrected chi connectivity index (χ1v) is 11.3. The Kier molecular flexibility index (Phi) is 6.67. The first-order valence-electron chi connectivity index (χ1n) is 10.2. The van der Waals surface area contributed by atoms with Gasteiger partial charge in [-0.3, -0.25) is 19.8 Å². The van der Waals surface area contributed by atoms with Crippen molar-refractivity contribution in [3.05, 3.63) is 86.4 Å². The molecule has 0 aliphatic heterocycles. The molecule has 174 valence electrons. The van der Waals surface area contributed by atoms with E-state index < -0.39 is 10.8 Å². The van der Waals surface area contributed by atoms with Gasteiger partial charge in [-0.25, -0.2) is 4.98 Å². The summed E-state index contributed by atoms with van der Waals surface area (Å²) >= 11 is 7.58. The molecule has 0 bridgehead atoms. The van der Waals surface area contributed by atoms with Crippen molar-refractivity contribution in [2.24, 2.45) is 0 Å². The number of nitro benzene ring substituents is 1. The third-order valence-electron chi connectivity index (χ3n) is 5.33. The molecule has 0 spiro atoms. The molecule has 0 atom stereocenters. The van der Waals surface area contributed by atoms with E-state index in [0.717, 1.165) is 15.8 Å². The van der Waals surface area contributed by atoms with Crippen LogP contribution in [0.1, 0.15) is 21.5 Å². The normalized spacial score (nSPS) is 10.8. The summed E-state index contributed by atoms with van der Waals surface area (Å²) in [6, 6.07) is 15.5. The minimum absolute atomic E-state index is 0.132. The fourth-order valence-corrected chi connectivity index (χ4v) is 4.71. The second-order valence-electron chi connectivity index (χ2n) is 7.37. The minimum atomic E-state index is -0.613. The average Bonchev–Trinajstić information content (AvgIpc) is 3.29. The van der Waals surface area contributed by atoms with Crippen LogP contribution in [0.3, 0.4) is 0 Å². The molecule has 34 heavy (non-hydrogen) atoms. The minimum Gasteiger partial charge on any atom is -0.493 e. The van der Waals surface area contributed by atoms with E-state index in [4.69, 9.17) is 21.1 Å². The van der Waals surface area contributed by atoms with Gasteiger partial charge in [-0.05, 0) is 30.2 Å². The fourth-order valence-electron chi connectivity index (χ4n) is 3.53. The zero-order valence-corrected chi connectivity index (χ0v) is 20.1. The zero-order valence-electron chi connectivity index (χ0n) is 18.6. The summed E-state index contributed by atoms with van der Waals surface area (Å²) in [7, 11) is 2.78. The molecule has 1 amide bonds. The van der Waals surface area contributed by atoms with Gasteiger partial charge in [0.25, 0.3) is 11.6 Å². The summed E-state index contributed by atoms with van der Waals surface area (Å²) in [5.74, 6) is -0.215. The van der Waals surface area contributed by atoms with Crippen LogP contribution in [0.5, 0.6) is 11.5 Å². The van der Waals surface area contributed by atoms with Gasteiger partial charge in [0.2, 0.25) is 0 Å². The van der Waals surface area contributed by atoms with Gasteiger partial charge in [0, 0.05) is 11.1 Å². The number of aryl methyl sites for hydroxylation is 1. The van der Waals surface area contributed by atoms with E-state index in [9.17, 15) is 14.9 Å². The Labute approximate surface area is 204 Å². The monoisotopic (exact) mass is 497 g/mol. The number of halogens is 1. The van der Waals surface area contributed by atoms with Gasteiger partial charge in [-0.15, -0.1) is 0 Å². The van der Waals surface area contributed by atoms with E-state index in [1.54, 1.807) is 6.07 Å². The number of nitrogens with zero attached hydrogens (tertiary/aromatic N) is 3. The Balaban J connectivity index is 1.89. The lowest BCUT2D eigenvalue weighted by molar-refractivity contribution is -0.385. The molecule has 4 aromatic rings. The number of thiazole rings is 1. The molecule has 0 N–H and O–H groups in total. The lowest BCUT2D eigenvalue weighted by Crippen LogP contribution is -2.31. The Bertz CT molecular complexity index is 1390. The predicted octanol–water partition coefficient (Wildman–Crippen LogP) is 6.03. The van der Waals surface area contributed by atoms with Crippen molar-refractivity contribution in [1.29, 1.82) is 0 Å². The second-order valence-corrected chi connectivity index (χ2v) is 8.79. The summed E-state index contributed by atoms with van der Waals surface area (Å²) in [6.07, 6.45) is 0. The van der Waals surface area contributed by atoms with Crippen molar-refractivity contribution in [1.82, 2.24) is 4.98 Å². The molecule has 0 radical (unpaired) electrons. The number of anilines is 1. The summed E-state index contributed by atoms with van der Waals surface area (Å²) in [6.45, 7) is 2.02. The Hall–Kier alpha value is -3.69. The first-order chi connectivity index (χ1) is 16.3. The van der Waals surface area contributed by atoms with E-state index >= 15 is 0 Å². The van der Waals surface area contributed by atoms with Crippen LogP contribution in [0.2, 0.25) is 5.02 Å². The Morgan fingerprint density at radius 3 is 2.44 bits per heavy atom. The quantitative estimate of drug-likeness (QED) is 0.228. The number of carbonyl (C=O) groups excluding carboxylic acids is 1. The van der Waals surface area contributed by atoms with Crippen LogP contribution in [0.25, 0.3) is 10.2 Å². The molecule has 0 saturated heterocycles. The maximum atomic E-state index is 13.8. The number of amides is 1. The topological polar surface area (TPSA) is 94.8 Å². The standard InChI is InChI=1S/C24H20ClN3O5S/c1-14-17(25)9-10-21-22(14)26-24(34-21)27(13-15-7-5-4-6-8-15)23(29)16-11-19(32-2)20(33-3)12-18(16)28(30)31/h4-12H,13H2,1-3H3. The summed E-state index contributed by atoms with van der Waals surface area (Å²) in [4.78, 5) is 31.2. The molecule has 0 aliphatic rings. The van der Waals surface area contributed by atoms with Crippen molar-refractivity contribution >= 4 is 49.9 Å². The molecule has 0 unspecified atom stereocenters. The van der Waals surface area contributed by atoms with Crippen LogP contribution < -0.4 is 14.4 Å². The molecular weight excluding hydrogens is 478 g/mol. The number of carbonyl (C=O) groups is 1. The maximum absolute atomic E-state index is 13.8. The lowest BCUT2D eigenvalue weighted by Gasteiger charge is -2.21. The van der Waals surface area contributed by atoms with E-state index in [1.807, 2.05) is 43.3 Å². The van der Waals surface area contributed by atoms with Crippen molar-refractivity contribution < 1.29 is 19.2 Å². The number of rotatable bonds is 7. The van der Waals surface area contributed by atoms with Crippen LogP contribution in [-0.4, -0.2) is 30.0 Å². The summed E-state index contributed by atoms with van der Waals surface area (Å²) in [5, 5.41) is 12.8.